The van der Waals surface area contributed by atoms with Crippen LogP contribution in [0.15, 0.2) is 36.8 Å². The molecule has 4 aromatic heterocycles. The highest BCUT2D eigenvalue weighted by atomic mass is 16.5. The summed E-state index contributed by atoms with van der Waals surface area (Å²) in [6.07, 6.45) is 7.72. The van der Waals surface area contributed by atoms with Gasteiger partial charge in [0.05, 0.1) is 43.4 Å². The first-order chi connectivity index (χ1) is 17.9. The predicted molar refractivity (Wildman–Crippen MR) is 149 cm³/mol. The molecule has 1 aliphatic heterocycles. The number of primary amides is 1. The average Bonchev–Trinajstić information content (AvgIpc) is 3.65. The number of nitrogens with zero attached hydrogens (tertiary/aromatic N) is 5. The molecule has 0 spiro atoms. The number of carbonyl (C=O) groups is 1. The number of pyridine rings is 1. The van der Waals surface area contributed by atoms with Crippen LogP contribution in [0.4, 0.5) is 5.82 Å². The maximum atomic E-state index is 11.9. The lowest BCUT2D eigenvalue weighted by molar-refractivity contribution is 0.0370. The molecule has 4 aromatic rings. The number of amides is 1. The Hall–Kier alpha value is -3.54. The smallest absolute Gasteiger partial charge is 0.254 e. The zero-order valence-electron chi connectivity index (χ0n) is 22.0. The van der Waals surface area contributed by atoms with E-state index in [1.165, 1.54) is 6.20 Å². The predicted octanol–water partition coefficient (Wildman–Crippen LogP) is 3.93. The Balaban J connectivity index is 0.000000516. The van der Waals surface area contributed by atoms with E-state index in [2.05, 4.69) is 40.0 Å². The van der Waals surface area contributed by atoms with Gasteiger partial charge in [0.2, 0.25) is 0 Å². The number of ether oxygens (including phenoxy) is 3. The van der Waals surface area contributed by atoms with Gasteiger partial charge in [-0.3, -0.25) is 4.79 Å². The summed E-state index contributed by atoms with van der Waals surface area (Å²) in [5, 5.41) is 8.33. The van der Waals surface area contributed by atoms with Gasteiger partial charge in [-0.2, -0.15) is 9.61 Å². The van der Waals surface area contributed by atoms with Crippen LogP contribution in [-0.2, 0) is 14.2 Å². The number of aromatic nitrogens is 5. The Labute approximate surface area is 223 Å². The van der Waals surface area contributed by atoms with Crippen molar-refractivity contribution in [3.8, 4) is 11.3 Å². The lowest BCUT2D eigenvalue weighted by Crippen LogP contribution is -2.13. The van der Waals surface area contributed by atoms with Crippen LogP contribution in [0.2, 0.25) is 0 Å². The number of anilines is 1. The molecule has 206 valence electrons. The fraction of sp³-hybridized carbons (Fsp3) is 0.481. The number of nitrogens with one attached hydrogen (secondary N) is 1. The molecule has 38 heavy (non-hydrogen) atoms. The summed E-state index contributed by atoms with van der Waals surface area (Å²) in [5.41, 5.74) is 8.68. The van der Waals surface area contributed by atoms with Crippen molar-refractivity contribution in [1.82, 2.24) is 24.1 Å². The minimum Gasteiger partial charge on any atom is -0.382 e. The molecule has 11 heteroatoms. The highest BCUT2D eigenvalue weighted by Gasteiger charge is 2.29. The summed E-state index contributed by atoms with van der Waals surface area (Å²) < 4.78 is 19.8. The summed E-state index contributed by atoms with van der Waals surface area (Å²) in [7, 11) is 5.20. The van der Waals surface area contributed by atoms with E-state index in [1.807, 2.05) is 18.2 Å². The Kier molecular flexibility index (Phi) is 9.78. The summed E-state index contributed by atoms with van der Waals surface area (Å²) in [6, 6.07) is 5.97. The second-order valence-electron chi connectivity index (χ2n) is 9.01. The van der Waals surface area contributed by atoms with Gasteiger partial charge < -0.3 is 29.8 Å². The van der Waals surface area contributed by atoms with Crippen LogP contribution < -0.4 is 11.1 Å². The SMILES string of the molecule is C.CCC(C)OC.CNc1cc(-c2cn(C3COC(COC)C3)c3ncccc23)nc2c(C(N)=O)cnn12. The summed E-state index contributed by atoms with van der Waals surface area (Å²) in [6.45, 7) is 5.32. The Morgan fingerprint density at radius 2 is 2.13 bits per heavy atom. The van der Waals surface area contributed by atoms with Crippen molar-refractivity contribution in [3.05, 3.63) is 42.4 Å². The molecule has 1 fully saturated rings. The number of fused-ring (bicyclic) bond motifs is 2. The molecule has 1 aliphatic rings. The quantitative estimate of drug-likeness (QED) is 0.354. The summed E-state index contributed by atoms with van der Waals surface area (Å²) in [4.78, 5) is 21.2. The first-order valence-electron chi connectivity index (χ1n) is 12.4. The molecule has 5 rings (SSSR count). The van der Waals surface area contributed by atoms with Gasteiger partial charge in [0.15, 0.2) is 5.65 Å². The van der Waals surface area contributed by atoms with Crippen LogP contribution in [-0.4, -0.2) is 76.7 Å². The third kappa shape index (κ3) is 5.79. The van der Waals surface area contributed by atoms with Crippen LogP contribution in [0.1, 0.15) is 50.5 Å². The van der Waals surface area contributed by atoms with Gasteiger partial charge in [-0.1, -0.05) is 14.4 Å². The fourth-order valence-electron chi connectivity index (χ4n) is 4.37. The van der Waals surface area contributed by atoms with E-state index in [4.69, 9.17) is 24.9 Å². The maximum Gasteiger partial charge on any atom is 0.254 e. The van der Waals surface area contributed by atoms with E-state index < -0.39 is 5.91 Å². The normalized spacial score (nSPS) is 17.6. The molecule has 3 unspecified atom stereocenters. The van der Waals surface area contributed by atoms with Gasteiger partial charge in [0, 0.05) is 50.7 Å². The van der Waals surface area contributed by atoms with Crippen molar-refractivity contribution in [1.29, 1.82) is 0 Å². The second kappa shape index (κ2) is 12.8. The van der Waals surface area contributed by atoms with Gasteiger partial charge in [0.1, 0.15) is 17.0 Å². The number of rotatable bonds is 8. The van der Waals surface area contributed by atoms with Crippen molar-refractivity contribution in [2.75, 3.05) is 39.8 Å². The van der Waals surface area contributed by atoms with Crippen molar-refractivity contribution in [3.63, 3.8) is 0 Å². The van der Waals surface area contributed by atoms with Crippen LogP contribution in [0.3, 0.4) is 0 Å². The minimum absolute atomic E-state index is 0. The average molecular weight is 526 g/mol. The first-order valence-corrected chi connectivity index (χ1v) is 12.4. The topological polar surface area (TPSA) is 131 Å². The minimum atomic E-state index is -0.571. The zero-order valence-corrected chi connectivity index (χ0v) is 22.0. The van der Waals surface area contributed by atoms with E-state index in [0.29, 0.717) is 36.5 Å². The van der Waals surface area contributed by atoms with Crippen LogP contribution >= 0.6 is 0 Å². The lowest BCUT2D eigenvalue weighted by atomic mass is 10.1. The maximum absolute atomic E-state index is 11.9. The van der Waals surface area contributed by atoms with Crippen molar-refractivity contribution in [2.45, 2.75) is 52.4 Å². The number of nitrogens with two attached hydrogens (primary N) is 1. The van der Waals surface area contributed by atoms with E-state index in [1.54, 1.807) is 32.0 Å². The summed E-state index contributed by atoms with van der Waals surface area (Å²) in [5.74, 6) is 0.125. The van der Waals surface area contributed by atoms with Gasteiger partial charge in [-0.05, 0) is 31.9 Å². The number of methoxy groups -OCH3 is 2. The molecule has 1 amide bonds. The second-order valence-corrected chi connectivity index (χ2v) is 9.01. The molecular weight excluding hydrogens is 486 g/mol. The van der Waals surface area contributed by atoms with Gasteiger partial charge >= 0.3 is 0 Å². The first kappa shape index (κ1) is 29.0. The molecule has 5 heterocycles. The van der Waals surface area contributed by atoms with E-state index >= 15 is 0 Å². The number of carbonyl (C=O) groups excluding carboxylic acids is 1. The Bertz CT molecular complexity index is 1360. The van der Waals surface area contributed by atoms with E-state index in [9.17, 15) is 4.79 Å². The van der Waals surface area contributed by atoms with E-state index in [0.717, 1.165) is 29.4 Å². The molecule has 0 aliphatic carbocycles. The molecule has 0 saturated carbocycles. The molecule has 1 saturated heterocycles. The van der Waals surface area contributed by atoms with Crippen molar-refractivity contribution < 1.29 is 19.0 Å². The molecule has 11 nitrogen and oxygen atoms in total. The molecule has 0 radical (unpaired) electrons. The molecule has 0 bridgehead atoms. The molecular formula is C27H39N7O4. The van der Waals surface area contributed by atoms with Gasteiger partial charge in [0.25, 0.3) is 5.91 Å². The highest BCUT2D eigenvalue weighted by molar-refractivity contribution is 6.00. The fourth-order valence-corrected chi connectivity index (χ4v) is 4.37. The number of hydrogen-bond acceptors (Lipinski definition) is 8. The van der Waals surface area contributed by atoms with Crippen molar-refractivity contribution >= 4 is 28.4 Å². The Morgan fingerprint density at radius 1 is 1.34 bits per heavy atom. The highest BCUT2D eigenvalue weighted by Crippen LogP contribution is 2.35. The third-order valence-corrected chi connectivity index (χ3v) is 6.64. The van der Waals surface area contributed by atoms with Crippen LogP contribution in [0.25, 0.3) is 27.9 Å². The van der Waals surface area contributed by atoms with Crippen LogP contribution in [0.5, 0.6) is 0 Å². The zero-order chi connectivity index (χ0) is 26.5. The van der Waals surface area contributed by atoms with Gasteiger partial charge in [-0.15, -0.1) is 0 Å². The van der Waals surface area contributed by atoms with Crippen molar-refractivity contribution in [2.24, 2.45) is 5.73 Å². The summed E-state index contributed by atoms with van der Waals surface area (Å²) >= 11 is 0. The Morgan fingerprint density at radius 3 is 2.76 bits per heavy atom. The monoisotopic (exact) mass is 525 g/mol. The van der Waals surface area contributed by atoms with Crippen LogP contribution in [0, 0.1) is 0 Å². The molecule has 0 aromatic carbocycles. The molecule has 3 N–H and O–H groups in total. The largest absolute Gasteiger partial charge is 0.382 e. The molecule has 3 atom stereocenters. The van der Waals surface area contributed by atoms with Gasteiger partial charge in [-0.25, -0.2) is 9.97 Å². The standard InChI is InChI=1S/C21H23N7O3.C5H12O.CH4/c1-23-18-7-17(26-21-15(19(22)29)8-25-28(18)21)16-9-27(20-14(16)4-3-5-24-20)12-6-13(11-30-2)31-10-12;1-4-5(2)6-3;/h3-5,7-9,12-13,23H,6,10-11H2,1-2H3,(H2,22,29);5H,4H2,1-3H3;1H4. The number of hydrogen-bond donors (Lipinski definition) is 2. The third-order valence-electron chi connectivity index (χ3n) is 6.64. The lowest BCUT2D eigenvalue weighted by Gasteiger charge is -2.11. The van der Waals surface area contributed by atoms with E-state index in [-0.39, 0.29) is 25.1 Å².